The van der Waals surface area contributed by atoms with E-state index in [1.54, 1.807) is 13.8 Å². The maximum atomic E-state index is 10.8. The van der Waals surface area contributed by atoms with Crippen LogP contribution in [-0.2, 0) is 0 Å². The first-order valence-corrected chi connectivity index (χ1v) is 4.23. The molecule has 0 aliphatic carbocycles. The number of carboxylic acid groups (broad SMARTS) is 1. The van der Waals surface area contributed by atoms with E-state index in [9.17, 15) is 4.79 Å². The van der Waals surface area contributed by atoms with Crippen LogP contribution < -0.4 is 5.73 Å². The Kier molecular flexibility index (Phi) is 1.82. The second-order valence-corrected chi connectivity index (χ2v) is 3.16. The van der Waals surface area contributed by atoms with Crippen molar-refractivity contribution in [3.8, 4) is 0 Å². The SMILES string of the molecule is Cc1nc(N)c2c(C)c(C(=O)O)nn2n1. The number of carboxylic acids is 1. The van der Waals surface area contributed by atoms with Gasteiger partial charge in [-0.3, -0.25) is 0 Å². The lowest BCUT2D eigenvalue weighted by Crippen LogP contribution is -2.04. The number of fused-ring (bicyclic) bond motifs is 1. The number of nitrogen functional groups attached to an aromatic ring is 1. The minimum Gasteiger partial charge on any atom is -0.476 e. The van der Waals surface area contributed by atoms with Crippen LogP contribution in [0.2, 0.25) is 0 Å². The van der Waals surface area contributed by atoms with Gasteiger partial charge in [-0.2, -0.15) is 0 Å². The molecular formula is C8H9N5O2. The van der Waals surface area contributed by atoms with E-state index in [0.29, 0.717) is 16.9 Å². The van der Waals surface area contributed by atoms with Gasteiger partial charge in [-0.15, -0.1) is 14.8 Å². The average Bonchev–Trinajstić information content (AvgIpc) is 2.42. The van der Waals surface area contributed by atoms with Gasteiger partial charge in [0.05, 0.1) is 0 Å². The summed E-state index contributed by atoms with van der Waals surface area (Å²) in [6.07, 6.45) is 0. The van der Waals surface area contributed by atoms with E-state index in [1.807, 2.05) is 0 Å². The highest BCUT2D eigenvalue weighted by Gasteiger charge is 2.18. The number of carbonyl (C=O) groups is 1. The van der Waals surface area contributed by atoms with Crippen molar-refractivity contribution in [2.24, 2.45) is 0 Å². The predicted octanol–water partition coefficient (Wildman–Crippen LogP) is 0.0215. The zero-order chi connectivity index (χ0) is 11.2. The molecule has 0 aliphatic rings. The van der Waals surface area contributed by atoms with Gasteiger partial charge in [0.2, 0.25) is 0 Å². The van der Waals surface area contributed by atoms with Crippen molar-refractivity contribution in [3.63, 3.8) is 0 Å². The van der Waals surface area contributed by atoms with Crippen molar-refractivity contribution in [3.05, 3.63) is 17.1 Å². The molecule has 2 aromatic rings. The number of nitrogens with zero attached hydrogens (tertiary/aromatic N) is 4. The van der Waals surface area contributed by atoms with Crippen LogP contribution in [0.4, 0.5) is 5.82 Å². The molecule has 0 spiro atoms. The third-order valence-corrected chi connectivity index (χ3v) is 2.07. The van der Waals surface area contributed by atoms with E-state index in [4.69, 9.17) is 10.8 Å². The third kappa shape index (κ3) is 1.28. The second kappa shape index (κ2) is 2.91. The molecule has 2 heterocycles. The molecule has 3 N–H and O–H groups in total. The smallest absolute Gasteiger partial charge is 0.356 e. The summed E-state index contributed by atoms with van der Waals surface area (Å²) in [5.41, 5.74) is 6.53. The van der Waals surface area contributed by atoms with Crippen molar-refractivity contribution < 1.29 is 9.90 Å². The van der Waals surface area contributed by atoms with E-state index in [0.717, 1.165) is 0 Å². The maximum absolute atomic E-state index is 10.8. The Balaban J connectivity index is 2.88. The van der Waals surface area contributed by atoms with E-state index in [-0.39, 0.29) is 11.5 Å². The van der Waals surface area contributed by atoms with Gasteiger partial charge in [-0.25, -0.2) is 9.78 Å². The number of aromatic nitrogens is 4. The maximum Gasteiger partial charge on any atom is 0.356 e. The normalized spacial score (nSPS) is 10.8. The first-order chi connectivity index (χ1) is 7.00. The Bertz CT molecular complexity index is 560. The van der Waals surface area contributed by atoms with Gasteiger partial charge in [0.15, 0.2) is 11.5 Å². The summed E-state index contributed by atoms with van der Waals surface area (Å²) >= 11 is 0. The van der Waals surface area contributed by atoms with Gasteiger partial charge in [0, 0.05) is 5.56 Å². The molecule has 0 unspecified atom stereocenters. The molecule has 0 atom stereocenters. The van der Waals surface area contributed by atoms with Crippen molar-refractivity contribution >= 4 is 17.3 Å². The van der Waals surface area contributed by atoms with Crippen molar-refractivity contribution in [2.45, 2.75) is 13.8 Å². The summed E-state index contributed by atoms with van der Waals surface area (Å²) < 4.78 is 1.20. The molecule has 0 saturated carbocycles. The molecule has 0 bridgehead atoms. The number of rotatable bonds is 1. The molecule has 2 rings (SSSR count). The fourth-order valence-corrected chi connectivity index (χ4v) is 1.44. The van der Waals surface area contributed by atoms with Crippen LogP contribution in [-0.4, -0.2) is 30.9 Å². The lowest BCUT2D eigenvalue weighted by atomic mass is 10.2. The zero-order valence-corrected chi connectivity index (χ0v) is 8.22. The summed E-state index contributed by atoms with van der Waals surface area (Å²) in [7, 11) is 0. The number of aryl methyl sites for hydroxylation is 2. The molecule has 0 radical (unpaired) electrons. The number of nitrogens with two attached hydrogens (primary N) is 1. The van der Waals surface area contributed by atoms with Crippen LogP contribution in [0.3, 0.4) is 0 Å². The van der Waals surface area contributed by atoms with Crippen molar-refractivity contribution in [1.29, 1.82) is 0 Å². The van der Waals surface area contributed by atoms with Gasteiger partial charge in [0.1, 0.15) is 11.3 Å². The van der Waals surface area contributed by atoms with E-state index >= 15 is 0 Å². The van der Waals surface area contributed by atoms with Crippen molar-refractivity contribution in [1.82, 2.24) is 19.8 Å². The minimum atomic E-state index is -1.10. The first-order valence-electron chi connectivity index (χ1n) is 4.23. The highest BCUT2D eigenvalue weighted by molar-refractivity contribution is 5.91. The molecule has 7 heteroatoms. The number of hydrogen-bond donors (Lipinski definition) is 2. The zero-order valence-electron chi connectivity index (χ0n) is 8.22. The number of anilines is 1. The molecule has 0 fully saturated rings. The summed E-state index contributed by atoms with van der Waals surface area (Å²) in [6.45, 7) is 3.29. The summed E-state index contributed by atoms with van der Waals surface area (Å²) in [5, 5.41) is 16.6. The quantitative estimate of drug-likeness (QED) is 0.682. The van der Waals surface area contributed by atoms with Crippen LogP contribution >= 0.6 is 0 Å². The molecule has 0 aliphatic heterocycles. The second-order valence-electron chi connectivity index (χ2n) is 3.16. The van der Waals surface area contributed by atoms with Crippen LogP contribution in [0.1, 0.15) is 21.9 Å². The summed E-state index contributed by atoms with van der Waals surface area (Å²) in [6, 6.07) is 0. The minimum absolute atomic E-state index is 0.0541. The Labute approximate surface area is 84.5 Å². The van der Waals surface area contributed by atoms with Crippen LogP contribution in [0.25, 0.3) is 5.52 Å². The lowest BCUT2D eigenvalue weighted by molar-refractivity contribution is 0.0689. The lowest BCUT2D eigenvalue weighted by Gasteiger charge is -1.98. The molecule has 15 heavy (non-hydrogen) atoms. The standard InChI is InChI=1S/C8H9N5O2/c1-3-5(8(14)15)12-13-6(3)7(9)10-4(2)11-13/h1-2H3,(H,14,15)(H2,9,10,11). The molecule has 2 aromatic heterocycles. The fraction of sp³-hybridized carbons (Fsp3) is 0.250. The van der Waals surface area contributed by atoms with Gasteiger partial charge in [-0.05, 0) is 13.8 Å². The van der Waals surface area contributed by atoms with Gasteiger partial charge >= 0.3 is 5.97 Å². The van der Waals surface area contributed by atoms with Crippen LogP contribution in [0.15, 0.2) is 0 Å². The summed E-state index contributed by atoms with van der Waals surface area (Å²) in [4.78, 5) is 14.8. The van der Waals surface area contributed by atoms with Crippen molar-refractivity contribution in [2.75, 3.05) is 5.73 Å². The van der Waals surface area contributed by atoms with Gasteiger partial charge < -0.3 is 10.8 Å². The van der Waals surface area contributed by atoms with E-state index in [1.165, 1.54) is 4.63 Å². The average molecular weight is 207 g/mol. The van der Waals surface area contributed by atoms with Gasteiger partial charge in [0.25, 0.3) is 0 Å². The van der Waals surface area contributed by atoms with Gasteiger partial charge in [-0.1, -0.05) is 0 Å². The highest BCUT2D eigenvalue weighted by Crippen LogP contribution is 2.18. The third-order valence-electron chi connectivity index (χ3n) is 2.07. The molecule has 7 nitrogen and oxygen atoms in total. The Hall–Kier alpha value is -2.18. The summed E-state index contributed by atoms with van der Waals surface area (Å²) in [5.74, 6) is -0.422. The Morgan fingerprint density at radius 3 is 2.67 bits per heavy atom. The molecule has 0 aromatic carbocycles. The largest absolute Gasteiger partial charge is 0.476 e. The Morgan fingerprint density at radius 1 is 1.40 bits per heavy atom. The molecule has 0 saturated heterocycles. The predicted molar refractivity (Wildman–Crippen MR) is 51.6 cm³/mol. The Morgan fingerprint density at radius 2 is 2.07 bits per heavy atom. The molecule has 78 valence electrons. The topological polar surface area (TPSA) is 106 Å². The highest BCUT2D eigenvalue weighted by atomic mass is 16.4. The number of aromatic carboxylic acids is 1. The fourth-order valence-electron chi connectivity index (χ4n) is 1.44. The van der Waals surface area contributed by atoms with E-state index < -0.39 is 5.97 Å². The van der Waals surface area contributed by atoms with E-state index in [2.05, 4.69) is 15.2 Å². The first kappa shape index (κ1) is 9.38. The van der Waals surface area contributed by atoms with Crippen LogP contribution in [0, 0.1) is 13.8 Å². The molecular weight excluding hydrogens is 198 g/mol. The number of hydrogen-bond acceptors (Lipinski definition) is 5. The van der Waals surface area contributed by atoms with Crippen LogP contribution in [0.5, 0.6) is 0 Å². The molecule has 0 amide bonds. The monoisotopic (exact) mass is 207 g/mol.